The van der Waals surface area contributed by atoms with Gasteiger partial charge in [0.2, 0.25) is 0 Å². The number of pyridine rings is 1. The summed E-state index contributed by atoms with van der Waals surface area (Å²) in [6, 6.07) is 4.66. The van der Waals surface area contributed by atoms with Gasteiger partial charge in [0.05, 0.1) is 30.2 Å². The number of fused-ring (bicyclic) bond motifs is 1. The number of aromatic nitrogens is 3. The lowest BCUT2D eigenvalue weighted by Crippen LogP contribution is -2.40. The molecule has 3 heterocycles. The summed E-state index contributed by atoms with van der Waals surface area (Å²) in [6.07, 6.45) is -4.51. The summed E-state index contributed by atoms with van der Waals surface area (Å²) in [4.78, 5) is 23.9. The van der Waals surface area contributed by atoms with E-state index in [1.165, 1.54) is 10.6 Å². The Bertz CT molecular complexity index is 1250. The van der Waals surface area contributed by atoms with E-state index in [0.29, 0.717) is 60.2 Å². The number of nitrogen functional groups attached to an aromatic ring is 1. The second-order valence-corrected chi connectivity index (χ2v) is 8.10. The number of nitrogens with one attached hydrogen (secondary N) is 1. The molecule has 1 aliphatic heterocycles. The molecule has 0 unspecified atom stereocenters. The first-order chi connectivity index (χ1) is 15.5. The molecule has 0 amide bonds. The van der Waals surface area contributed by atoms with Crippen LogP contribution in [0.4, 0.5) is 30.4 Å². The van der Waals surface area contributed by atoms with E-state index in [1.807, 2.05) is 4.90 Å². The third-order valence-corrected chi connectivity index (χ3v) is 5.67. The van der Waals surface area contributed by atoms with E-state index in [4.69, 9.17) is 10.5 Å². The minimum absolute atomic E-state index is 0.0224. The first-order valence-corrected chi connectivity index (χ1v) is 10.5. The van der Waals surface area contributed by atoms with E-state index >= 15 is 0 Å². The average molecular weight is 462 g/mol. The van der Waals surface area contributed by atoms with Crippen LogP contribution in [0.5, 0.6) is 0 Å². The maximum absolute atomic E-state index is 13.3. The topological polar surface area (TPSA) is 98.3 Å². The number of anilines is 3. The van der Waals surface area contributed by atoms with Crippen molar-refractivity contribution < 1.29 is 17.9 Å². The molecule has 3 N–H and O–H groups in total. The highest BCUT2D eigenvalue weighted by Crippen LogP contribution is 2.34. The standard InChI is InChI=1S/C22H25F3N6O2/c1-12(14-8-15(22(23,24)25)10-16(26)9-14)27-19-17-11-18(31-4-6-33-7-5-31)21(32)30(3)20(17)29-13(2)28-19/h8-12H,4-7,26H2,1-3H3,(H,27,28,29)/t12-/m1/s1. The van der Waals surface area contributed by atoms with E-state index < -0.39 is 17.8 Å². The van der Waals surface area contributed by atoms with Crippen molar-refractivity contribution in [2.45, 2.75) is 26.1 Å². The van der Waals surface area contributed by atoms with Gasteiger partial charge in [0.15, 0.2) is 0 Å². The van der Waals surface area contributed by atoms with Gasteiger partial charge < -0.3 is 20.7 Å². The van der Waals surface area contributed by atoms with Crippen LogP contribution in [0.3, 0.4) is 0 Å². The summed E-state index contributed by atoms with van der Waals surface area (Å²) in [5.41, 5.74) is 6.05. The van der Waals surface area contributed by atoms with E-state index in [-0.39, 0.29) is 11.2 Å². The molecule has 0 radical (unpaired) electrons. The summed E-state index contributed by atoms with van der Waals surface area (Å²) in [5, 5.41) is 3.79. The predicted molar refractivity (Wildman–Crippen MR) is 120 cm³/mol. The number of nitrogens with zero attached hydrogens (tertiary/aromatic N) is 4. The molecule has 0 aliphatic carbocycles. The number of aryl methyl sites for hydroxylation is 2. The summed E-state index contributed by atoms with van der Waals surface area (Å²) < 4.78 is 46.6. The van der Waals surface area contributed by atoms with E-state index in [9.17, 15) is 18.0 Å². The van der Waals surface area contributed by atoms with Gasteiger partial charge in [0, 0.05) is 25.8 Å². The molecule has 1 aromatic carbocycles. The number of hydrogen-bond donors (Lipinski definition) is 2. The molecule has 8 nitrogen and oxygen atoms in total. The molecule has 0 bridgehead atoms. The molecule has 1 atom stereocenters. The Morgan fingerprint density at radius 3 is 2.52 bits per heavy atom. The molecule has 4 rings (SSSR count). The largest absolute Gasteiger partial charge is 0.416 e. The van der Waals surface area contributed by atoms with Crippen molar-refractivity contribution in [3.63, 3.8) is 0 Å². The zero-order valence-corrected chi connectivity index (χ0v) is 18.5. The third-order valence-electron chi connectivity index (χ3n) is 5.67. The predicted octanol–water partition coefficient (Wildman–Crippen LogP) is 3.25. The van der Waals surface area contributed by atoms with Crippen molar-refractivity contribution in [2.75, 3.05) is 42.3 Å². The van der Waals surface area contributed by atoms with Crippen molar-refractivity contribution in [2.24, 2.45) is 7.05 Å². The Morgan fingerprint density at radius 2 is 1.85 bits per heavy atom. The number of ether oxygens (including phenoxy) is 1. The number of alkyl halides is 3. The van der Waals surface area contributed by atoms with Gasteiger partial charge in [-0.15, -0.1) is 0 Å². The average Bonchev–Trinajstić information content (AvgIpc) is 2.76. The lowest BCUT2D eigenvalue weighted by Gasteiger charge is -2.29. The molecular formula is C22H25F3N6O2. The van der Waals surface area contributed by atoms with Gasteiger partial charge in [-0.1, -0.05) is 0 Å². The number of rotatable bonds is 4. The van der Waals surface area contributed by atoms with E-state index in [2.05, 4.69) is 15.3 Å². The Morgan fingerprint density at radius 1 is 1.15 bits per heavy atom. The van der Waals surface area contributed by atoms with Crippen LogP contribution in [0.25, 0.3) is 11.0 Å². The van der Waals surface area contributed by atoms with Crippen LogP contribution >= 0.6 is 0 Å². The van der Waals surface area contributed by atoms with Gasteiger partial charge in [-0.2, -0.15) is 13.2 Å². The Balaban J connectivity index is 1.78. The SMILES string of the molecule is Cc1nc(N[C@H](C)c2cc(N)cc(C(F)(F)F)c2)c2cc(N3CCOCC3)c(=O)n(C)c2n1. The van der Waals surface area contributed by atoms with Crippen LogP contribution in [-0.4, -0.2) is 40.8 Å². The molecule has 1 saturated heterocycles. The Labute approximate surface area is 188 Å². The fourth-order valence-corrected chi connectivity index (χ4v) is 3.94. The highest BCUT2D eigenvalue weighted by molar-refractivity contribution is 5.89. The van der Waals surface area contributed by atoms with E-state index in [1.54, 1.807) is 27.0 Å². The van der Waals surface area contributed by atoms with Crippen molar-refractivity contribution in [1.29, 1.82) is 0 Å². The van der Waals surface area contributed by atoms with Crippen LogP contribution in [-0.2, 0) is 18.0 Å². The maximum atomic E-state index is 13.3. The van der Waals surface area contributed by atoms with Crippen molar-refractivity contribution >= 4 is 28.2 Å². The summed E-state index contributed by atoms with van der Waals surface area (Å²) in [7, 11) is 1.64. The lowest BCUT2D eigenvalue weighted by atomic mass is 10.0. The van der Waals surface area contributed by atoms with Gasteiger partial charge in [0.1, 0.15) is 23.0 Å². The molecule has 11 heteroatoms. The first kappa shape index (κ1) is 22.8. The van der Waals surface area contributed by atoms with Crippen LogP contribution in [0.1, 0.15) is 29.9 Å². The molecule has 0 saturated carbocycles. The van der Waals surface area contributed by atoms with Crippen molar-refractivity contribution in [3.05, 3.63) is 51.6 Å². The fourth-order valence-electron chi connectivity index (χ4n) is 3.94. The van der Waals surface area contributed by atoms with E-state index in [0.717, 1.165) is 12.1 Å². The second-order valence-electron chi connectivity index (χ2n) is 8.10. The number of nitrogens with two attached hydrogens (primary N) is 1. The van der Waals surface area contributed by atoms with Gasteiger partial charge in [-0.05, 0) is 43.7 Å². The first-order valence-electron chi connectivity index (χ1n) is 10.5. The van der Waals surface area contributed by atoms with Gasteiger partial charge in [-0.25, -0.2) is 9.97 Å². The monoisotopic (exact) mass is 462 g/mol. The molecule has 176 valence electrons. The van der Waals surface area contributed by atoms with Crippen LogP contribution < -0.4 is 21.5 Å². The Hall–Kier alpha value is -3.34. The smallest absolute Gasteiger partial charge is 0.399 e. The molecule has 1 fully saturated rings. The minimum Gasteiger partial charge on any atom is -0.399 e. The zero-order chi connectivity index (χ0) is 23.9. The van der Waals surface area contributed by atoms with Crippen LogP contribution in [0, 0.1) is 6.92 Å². The normalized spacial score (nSPS) is 15.6. The van der Waals surface area contributed by atoms with Crippen LogP contribution in [0.2, 0.25) is 0 Å². The van der Waals surface area contributed by atoms with Gasteiger partial charge in [-0.3, -0.25) is 9.36 Å². The highest BCUT2D eigenvalue weighted by Gasteiger charge is 2.31. The molecule has 3 aromatic rings. The zero-order valence-electron chi connectivity index (χ0n) is 18.5. The fraction of sp³-hybridized carbons (Fsp3) is 0.409. The summed E-state index contributed by atoms with van der Waals surface area (Å²) in [6.45, 7) is 5.61. The van der Waals surface area contributed by atoms with Crippen molar-refractivity contribution in [3.8, 4) is 0 Å². The second kappa shape index (κ2) is 8.54. The third kappa shape index (κ3) is 4.58. The van der Waals surface area contributed by atoms with Gasteiger partial charge >= 0.3 is 6.18 Å². The lowest BCUT2D eigenvalue weighted by molar-refractivity contribution is -0.137. The number of hydrogen-bond acceptors (Lipinski definition) is 7. The molecular weight excluding hydrogens is 437 g/mol. The molecule has 0 spiro atoms. The summed E-state index contributed by atoms with van der Waals surface area (Å²) in [5.74, 6) is 0.848. The summed E-state index contributed by atoms with van der Waals surface area (Å²) >= 11 is 0. The number of halogens is 3. The Kier molecular flexibility index (Phi) is 5.91. The van der Waals surface area contributed by atoms with Gasteiger partial charge in [0.25, 0.3) is 5.56 Å². The number of morpholine rings is 1. The molecule has 33 heavy (non-hydrogen) atoms. The maximum Gasteiger partial charge on any atom is 0.416 e. The minimum atomic E-state index is -4.51. The number of benzene rings is 1. The highest BCUT2D eigenvalue weighted by atomic mass is 19.4. The molecule has 1 aliphatic rings. The van der Waals surface area contributed by atoms with Crippen LogP contribution in [0.15, 0.2) is 29.1 Å². The molecule has 2 aromatic heterocycles. The quantitative estimate of drug-likeness (QED) is 0.575. The van der Waals surface area contributed by atoms with Crippen molar-refractivity contribution in [1.82, 2.24) is 14.5 Å².